The molecule has 0 unspecified atom stereocenters. The molecule has 0 aromatic heterocycles. The molecule has 0 atom stereocenters. The smallest absolute Gasteiger partial charge is 0.300 e. The van der Waals surface area contributed by atoms with E-state index in [1.807, 2.05) is 0 Å². The van der Waals surface area contributed by atoms with Crippen LogP contribution in [0.25, 0.3) is 0 Å². The predicted molar refractivity (Wildman–Crippen MR) is 58.4 cm³/mol. The van der Waals surface area contributed by atoms with Crippen molar-refractivity contribution >= 4 is 5.97 Å². The molecule has 4 aliphatic rings. The second-order valence-corrected chi connectivity index (χ2v) is 5.80. The van der Waals surface area contributed by atoms with Gasteiger partial charge < -0.3 is 10.8 Å². The molecule has 86 valence electrons. The molecule has 15 heavy (non-hydrogen) atoms. The van der Waals surface area contributed by atoms with Crippen molar-refractivity contribution in [3.8, 4) is 0 Å². The maximum Gasteiger partial charge on any atom is 0.300 e. The highest BCUT2D eigenvalue weighted by atomic mass is 16.4. The van der Waals surface area contributed by atoms with E-state index in [2.05, 4.69) is 0 Å². The Bertz CT molecular complexity index is 223. The van der Waals surface area contributed by atoms with Crippen LogP contribution < -0.4 is 5.73 Å². The predicted octanol–water partition coefficient (Wildman–Crippen LogP) is 2.00. The van der Waals surface area contributed by atoms with Gasteiger partial charge in [-0.05, 0) is 56.3 Å². The summed E-state index contributed by atoms with van der Waals surface area (Å²) in [6, 6.07) is 0. The van der Waals surface area contributed by atoms with Crippen molar-refractivity contribution < 1.29 is 9.90 Å². The zero-order chi connectivity index (χ0) is 11.1. The minimum absolute atomic E-state index is 0.300. The van der Waals surface area contributed by atoms with Crippen LogP contribution in [0.15, 0.2) is 0 Å². The summed E-state index contributed by atoms with van der Waals surface area (Å²) in [5, 5.41) is 7.42. The average molecular weight is 211 g/mol. The van der Waals surface area contributed by atoms with Gasteiger partial charge in [0, 0.05) is 12.5 Å². The van der Waals surface area contributed by atoms with Crippen molar-refractivity contribution in [3.63, 3.8) is 0 Å². The molecule has 4 rings (SSSR count). The Morgan fingerprint density at radius 1 is 1.13 bits per heavy atom. The number of nitrogens with two attached hydrogens (primary N) is 1. The van der Waals surface area contributed by atoms with Gasteiger partial charge in [-0.2, -0.15) is 0 Å². The van der Waals surface area contributed by atoms with Gasteiger partial charge in [0.1, 0.15) is 0 Å². The number of hydrogen-bond acceptors (Lipinski definition) is 2. The molecule has 3 nitrogen and oxygen atoms in total. The lowest BCUT2D eigenvalue weighted by Crippen LogP contribution is -2.55. The van der Waals surface area contributed by atoms with Gasteiger partial charge in [0.15, 0.2) is 0 Å². The SMILES string of the molecule is CC(=O)O.NC12CC3CC(CC(C3)C1)C2. The first-order chi connectivity index (χ1) is 6.97. The van der Waals surface area contributed by atoms with E-state index in [1.165, 1.54) is 38.5 Å². The number of carbonyl (C=O) groups is 1. The number of carboxylic acid groups (broad SMARTS) is 1. The molecule has 4 bridgehead atoms. The summed E-state index contributed by atoms with van der Waals surface area (Å²) < 4.78 is 0. The molecule has 0 amide bonds. The van der Waals surface area contributed by atoms with Crippen LogP contribution in [0.4, 0.5) is 0 Å². The van der Waals surface area contributed by atoms with Crippen LogP contribution in [0, 0.1) is 17.8 Å². The van der Waals surface area contributed by atoms with Crippen LogP contribution in [-0.2, 0) is 4.79 Å². The normalized spacial score (nSPS) is 45.9. The summed E-state index contributed by atoms with van der Waals surface area (Å²) in [5.74, 6) is 2.23. The minimum atomic E-state index is -0.833. The maximum atomic E-state index is 9.00. The fourth-order valence-electron chi connectivity index (χ4n) is 4.18. The number of rotatable bonds is 0. The lowest BCUT2D eigenvalue weighted by molar-refractivity contribution is -0.134. The van der Waals surface area contributed by atoms with Gasteiger partial charge in [0.25, 0.3) is 5.97 Å². The van der Waals surface area contributed by atoms with E-state index in [-0.39, 0.29) is 0 Å². The van der Waals surface area contributed by atoms with E-state index in [1.54, 1.807) is 0 Å². The zero-order valence-corrected chi connectivity index (χ0v) is 9.41. The van der Waals surface area contributed by atoms with E-state index in [9.17, 15) is 0 Å². The van der Waals surface area contributed by atoms with Crippen LogP contribution in [0.2, 0.25) is 0 Å². The maximum absolute atomic E-state index is 9.00. The third-order valence-corrected chi connectivity index (χ3v) is 4.09. The second kappa shape index (κ2) is 3.78. The highest BCUT2D eigenvalue weighted by Gasteiger charge is 2.48. The van der Waals surface area contributed by atoms with Crippen LogP contribution in [0.5, 0.6) is 0 Å². The van der Waals surface area contributed by atoms with E-state index >= 15 is 0 Å². The number of carboxylic acids is 1. The molecular formula is C12H21NO2. The second-order valence-electron chi connectivity index (χ2n) is 5.80. The summed E-state index contributed by atoms with van der Waals surface area (Å²) in [6.07, 6.45) is 8.57. The van der Waals surface area contributed by atoms with Crippen molar-refractivity contribution in [2.45, 2.75) is 51.0 Å². The van der Waals surface area contributed by atoms with Crippen molar-refractivity contribution in [1.29, 1.82) is 0 Å². The lowest BCUT2D eigenvalue weighted by Gasteiger charge is -2.55. The number of hydrogen-bond donors (Lipinski definition) is 2. The minimum Gasteiger partial charge on any atom is -0.481 e. The lowest BCUT2D eigenvalue weighted by atomic mass is 9.53. The van der Waals surface area contributed by atoms with Crippen LogP contribution in [0.3, 0.4) is 0 Å². The summed E-state index contributed by atoms with van der Waals surface area (Å²) in [7, 11) is 0. The fraction of sp³-hybridized carbons (Fsp3) is 0.917. The first-order valence-electron chi connectivity index (χ1n) is 5.95. The van der Waals surface area contributed by atoms with Gasteiger partial charge in [-0.25, -0.2) is 0 Å². The van der Waals surface area contributed by atoms with Gasteiger partial charge in [-0.1, -0.05) is 0 Å². The molecule has 0 heterocycles. The van der Waals surface area contributed by atoms with Gasteiger partial charge >= 0.3 is 0 Å². The third-order valence-electron chi connectivity index (χ3n) is 4.09. The Labute approximate surface area is 91.0 Å². The Morgan fingerprint density at radius 3 is 1.60 bits per heavy atom. The number of aliphatic carboxylic acids is 1. The van der Waals surface area contributed by atoms with E-state index in [0.717, 1.165) is 24.7 Å². The van der Waals surface area contributed by atoms with Crippen molar-refractivity contribution in [2.24, 2.45) is 23.5 Å². The molecule has 0 aromatic rings. The molecule has 4 aliphatic carbocycles. The van der Waals surface area contributed by atoms with Gasteiger partial charge in [-0.3, -0.25) is 4.79 Å². The van der Waals surface area contributed by atoms with Crippen molar-refractivity contribution in [3.05, 3.63) is 0 Å². The largest absolute Gasteiger partial charge is 0.481 e. The van der Waals surface area contributed by atoms with Crippen molar-refractivity contribution in [1.82, 2.24) is 0 Å². The summed E-state index contributed by atoms with van der Waals surface area (Å²) in [6.45, 7) is 1.08. The molecule has 4 fully saturated rings. The Hall–Kier alpha value is -0.570. The fourth-order valence-corrected chi connectivity index (χ4v) is 4.18. The highest BCUT2D eigenvalue weighted by Crippen LogP contribution is 2.54. The highest BCUT2D eigenvalue weighted by molar-refractivity contribution is 5.62. The molecule has 0 radical (unpaired) electrons. The summed E-state index contributed by atoms with van der Waals surface area (Å²) >= 11 is 0. The van der Waals surface area contributed by atoms with Crippen molar-refractivity contribution in [2.75, 3.05) is 0 Å². The van der Waals surface area contributed by atoms with Crippen LogP contribution in [-0.4, -0.2) is 16.6 Å². The molecule has 4 saturated carbocycles. The third kappa shape index (κ3) is 2.51. The Morgan fingerprint density at radius 2 is 1.40 bits per heavy atom. The molecule has 0 aromatic carbocycles. The Balaban J connectivity index is 0.000000188. The zero-order valence-electron chi connectivity index (χ0n) is 9.41. The first kappa shape index (κ1) is 10.9. The van der Waals surface area contributed by atoms with E-state index in [4.69, 9.17) is 15.6 Å². The van der Waals surface area contributed by atoms with E-state index < -0.39 is 5.97 Å². The van der Waals surface area contributed by atoms with Gasteiger partial charge in [-0.15, -0.1) is 0 Å². The molecule has 0 saturated heterocycles. The molecule has 0 spiro atoms. The standard InChI is InChI=1S/C10H17N.C2H4O2/c11-10-4-7-1-8(5-10)3-9(2-7)6-10;1-2(3)4/h7-9H,1-6,11H2;1H3,(H,3,4). The molecule has 0 aliphatic heterocycles. The average Bonchev–Trinajstić information content (AvgIpc) is 1.96. The van der Waals surface area contributed by atoms with E-state index in [0.29, 0.717) is 5.54 Å². The molecular weight excluding hydrogens is 190 g/mol. The monoisotopic (exact) mass is 211 g/mol. The Kier molecular flexibility index (Phi) is 2.75. The van der Waals surface area contributed by atoms with Gasteiger partial charge in [0.2, 0.25) is 0 Å². The van der Waals surface area contributed by atoms with Crippen LogP contribution in [0.1, 0.15) is 45.4 Å². The summed E-state index contributed by atoms with van der Waals surface area (Å²) in [4.78, 5) is 9.00. The topological polar surface area (TPSA) is 63.3 Å². The molecule has 3 N–H and O–H groups in total. The molecule has 3 heteroatoms. The van der Waals surface area contributed by atoms with Crippen LogP contribution >= 0.6 is 0 Å². The van der Waals surface area contributed by atoms with Gasteiger partial charge in [0.05, 0.1) is 0 Å². The first-order valence-corrected chi connectivity index (χ1v) is 5.95. The summed E-state index contributed by atoms with van der Waals surface area (Å²) in [5.41, 5.74) is 6.62. The quantitative estimate of drug-likeness (QED) is 0.644.